The summed E-state index contributed by atoms with van der Waals surface area (Å²) in [6.45, 7) is 3.71. The van der Waals surface area contributed by atoms with Crippen molar-refractivity contribution in [2.75, 3.05) is 6.61 Å². The maximum atomic E-state index is 13.9. The fraction of sp³-hybridized carbons (Fsp3) is 0.556. The number of hydrogen-bond acceptors (Lipinski definition) is 6. The summed E-state index contributed by atoms with van der Waals surface area (Å²) < 4.78 is 51.5. The first-order valence-electron chi connectivity index (χ1n) is 8.81. The van der Waals surface area contributed by atoms with E-state index in [0.29, 0.717) is 5.56 Å². The van der Waals surface area contributed by atoms with Gasteiger partial charge >= 0.3 is 12.3 Å². The lowest BCUT2D eigenvalue weighted by atomic mass is 9.95. The standard InChI is InChI=1S/C18H26F3N3O5/c1-16(2,3)29-15(27)23-24-22-14(26)17(10-7-11-25,18(19,20)21)28-12-13-8-5-4-6-9-13/h4-6,8-9,24-25H,7,10-12H2,1-3H3,(H,22,26)(H,23,27)/t17-/m1/s1. The van der Waals surface area contributed by atoms with Crippen LogP contribution in [0, 0.1) is 0 Å². The van der Waals surface area contributed by atoms with E-state index in [1.54, 1.807) is 56.5 Å². The molecule has 0 aromatic heterocycles. The Morgan fingerprint density at radius 2 is 1.69 bits per heavy atom. The highest BCUT2D eigenvalue weighted by Crippen LogP contribution is 2.38. The molecule has 0 saturated heterocycles. The van der Waals surface area contributed by atoms with Crippen molar-refractivity contribution in [1.82, 2.24) is 16.4 Å². The molecule has 0 saturated carbocycles. The van der Waals surface area contributed by atoms with Crippen molar-refractivity contribution in [3.05, 3.63) is 35.9 Å². The third-order valence-electron chi connectivity index (χ3n) is 3.58. The van der Waals surface area contributed by atoms with E-state index in [1.165, 1.54) is 0 Å². The van der Waals surface area contributed by atoms with Crippen LogP contribution < -0.4 is 16.4 Å². The number of hydrazine groups is 2. The van der Waals surface area contributed by atoms with E-state index in [0.717, 1.165) is 0 Å². The molecule has 164 valence electrons. The average Bonchev–Trinajstić information content (AvgIpc) is 2.60. The fourth-order valence-corrected chi connectivity index (χ4v) is 2.26. The minimum Gasteiger partial charge on any atom is -0.443 e. The molecule has 0 spiro atoms. The number of carbonyl (C=O) groups is 2. The van der Waals surface area contributed by atoms with Crippen molar-refractivity contribution in [2.24, 2.45) is 0 Å². The molecular formula is C18H26F3N3O5. The third kappa shape index (κ3) is 7.87. The van der Waals surface area contributed by atoms with Crippen molar-refractivity contribution < 1.29 is 37.3 Å². The van der Waals surface area contributed by atoms with Gasteiger partial charge in [-0.2, -0.15) is 13.2 Å². The molecule has 1 rings (SSSR count). The van der Waals surface area contributed by atoms with Crippen LogP contribution in [0.1, 0.15) is 39.2 Å². The van der Waals surface area contributed by atoms with Gasteiger partial charge in [0.2, 0.25) is 5.60 Å². The van der Waals surface area contributed by atoms with Crippen LogP contribution >= 0.6 is 0 Å². The van der Waals surface area contributed by atoms with Gasteiger partial charge in [-0.1, -0.05) is 30.3 Å². The molecule has 0 unspecified atom stereocenters. The zero-order valence-corrected chi connectivity index (χ0v) is 16.4. The van der Waals surface area contributed by atoms with E-state index >= 15 is 0 Å². The largest absolute Gasteiger partial charge is 0.443 e. The van der Waals surface area contributed by atoms with Crippen LogP contribution in [0.15, 0.2) is 30.3 Å². The van der Waals surface area contributed by atoms with Crippen LogP contribution in [-0.4, -0.2) is 41.1 Å². The zero-order chi connectivity index (χ0) is 22.1. The van der Waals surface area contributed by atoms with E-state index in [2.05, 4.69) is 0 Å². The number of halogens is 3. The van der Waals surface area contributed by atoms with Gasteiger partial charge in [-0.05, 0) is 39.2 Å². The minimum atomic E-state index is -5.09. The van der Waals surface area contributed by atoms with Crippen molar-refractivity contribution in [1.29, 1.82) is 0 Å². The summed E-state index contributed by atoms with van der Waals surface area (Å²) in [5.41, 5.74) is 1.91. The number of nitrogens with one attached hydrogen (secondary N) is 3. The number of carbonyl (C=O) groups excluding carboxylic acids is 2. The van der Waals surface area contributed by atoms with Crippen LogP contribution in [0.2, 0.25) is 0 Å². The Bertz CT molecular complexity index is 665. The molecule has 1 aromatic carbocycles. The van der Waals surface area contributed by atoms with Crippen LogP contribution in [-0.2, 0) is 20.9 Å². The first-order valence-corrected chi connectivity index (χ1v) is 8.81. The molecule has 0 aliphatic carbocycles. The van der Waals surface area contributed by atoms with Crippen LogP contribution in [0.4, 0.5) is 18.0 Å². The highest BCUT2D eigenvalue weighted by atomic mass is 19.4. The Labute approximate surface area is 166 Å². The lowest BCUT2D eigenvalue weighted by Gasteiger charge is -2.34. The number of benzene rings is 1. The van der Waals surface area contributed by atoms with Gasteiger partial charge in [-0.3, -0.25) is 10.2 Å². The first kappa shape index (κ1) is 24.7. The van der Waals surface area contributed by atoms with Gasteiger partial charge in [0.15, 0.2) is 0 Å². The summed E-state index contributed by atoms with van der Waals surface area (Å²) >= 11 is 0. The Balaban J connectivity index is 2.90. The topological polar surface area (TPSA) is 109 Å². The highest BCUT2D eigenvalue weighted by molar-refractivity contribution is 5.86. The van der Waals surface area contributed by atoms with Gasteiger partial charge < -0.3 is 14.6 Å². The SMILES string of the molecule is CC(C)(C)OC(=O)NNNC(=O)[C@@](CCCO)(OCc1ccccc1)C(F)(F)F. The molecule has 1 aromatic rings. The molecule has 29 heavy (non-hydrogen) atoms. The number of alkyl halides is 3. The number of aliphatic hydroxyl groups excluding tert-OH is 1. The summed E-state index contributed by atoms with van der Waals surface area (Å²) in [7, 11) is 0. The highest BCUT2D eigenvalue weighted by Gasteiger charge is 2.61. The van der Waals surface area contributed by atoms with E-state index < -0.39 is 49.0 Å². The van der Waals surface area contributed by atoms with E-state index in [4.69, 9.17) is 14.6 Å². The number of hydrogen-bond donors (Lipinski definition) is 4. The Kier molecular flexibility index (Phi) is 8.86. The monoisotopic (exact) mass is 421 g/mol. The second-order valence-corrected chi connectivity index (χ2v) is 7.13. The summed E-state index contributed by atoms with van der Waals surface area (Å²) in [5, 5.41) is 8.98. The predicted octanol–water partition coefficient (Wildman–Crippen LogP) is 2.34. The van der Waals surface area contributed by atoms with Gasteiger partial charge in [0.25, 0.3) is 5.91 Å². The maximum Gasteiger partial charge on any atom is 0.426 e. The van der Waals surface area contributed by atoms with Crippen LogP contribution in [0.25, 0.3) is 0 Å². The molecule has 0 aliphatic heterocycles. The molecule has 1 atom stereocenters. The van der Waals surface area contributed by atoms with Crippen molar-refractivity contribution in [3.8, 4) is 0 Å². The maximum absolute atomic E-state index is 13.9. The van der Waals surface area contributed by atoms with Gasteiger partial charge in [0.05, 0.1) is 6.61 Å². The van der Waals surface area contributed by atoms with Gasteiger partial charge in [-0.25, -0.2) is 10.2 Å². The summed E-state index contributed by atoms with van der Waals surface area (Å²) in [6.07, 6.45) is -7.24. The quantitative estimate of drug-likeness (QED) is 0.456. The third-order valence-corrected chi connectivity index (χ3v) is 3.58. The second kappa shape index (κ2) is 10.4. The Morgan fingerprint density at radius 1 is 1.07 bits per heavy atom. The molecule has 0 fully saturated rings. The summed E-state index contributed by atoms with van der Waals surface area (Å²) in [6, 6.07) is 8.02. The number of ether oxygens (including phenoxy) is 2. The molecule has 2 amide bonds. The molecule has 4 N–H and O–H groups in total. The predicted molar refractivity (Wildman–Crippen MR) is 97.0 cm³/mol. The fourth-order valence-electron chi connectivity index (χ4n) is 2.26. The van der Waals surface area contributed by atoms with Gasteiger partial charge in [0, 0.05) is 6.61 Å². The van der Waals surface area contributed by atoms with Crippen molar-refractivity contribution in [3.63, 3.8) is 0 Å². The molecule has 0 radical (unpaired) electrons. The first-order chi connectivity index (χ1) is 13.4. The molecular weight excluding hydrogens is 395 g/mol. The lowest BCUT2D eigenvalue weighted by molar-refractivity contribution is -0.274. The van der Waals surface area contributed by atoms with E-state index in [1.807, 2.05) is 11.0 Å². The molecule has 8 nitrogen and oxygen atoms in total. The van der Waals surface area contributed by atoms with E-state index in [9.17, 15) is 22.8 Å². The van der Waals surface area contributed by atoms with E-state index in [-0.39, 0.29) is 6.42 Å². The van der Waals surface area contributed by atoms with Gasteiger partial charge in [-0.15, -0.1) is 5.53 Å². The summed E-state index contributed by atoms with van der Waals surface area (Å²) in [5.74, 6) is -1.58. The van der Waals surface area contributed by atoms with Crippen LogP contribution in [0.3, 0.4) is 0 Å². The van der Waals surface area contributed by atoms with Crippen molar-refractivity contribution in [2.45, 2.75) is 57.6 Å². The Morgan fingerprint density at radius 3 is 2.21 bits per heavy atom. The smallest absolute Gasteiger partial charge is 0.426 e. The zero-order valence-electron chi connectivity index (χ0n) is 16.4. The number of rotatable bonds is 9. The van der Waals surface area contributed by atoms with Crippen molar-refractivity contribution >= 4 is 12.0 Å². The minimum absolute atomic E-state index is 0.332. The number of amides is 2. The Hall–Kier alpha value is -2.37. The average molecular weight is 421 g/mol. The molecule has 0 aliphatic rings. The summed E-state index contributed by atoms with van der Waals surface area (Å²) in [4.78, 5) is 23.9. The van der Waals surface area contributed by atoms with Gasteiger partial charge in [0.1, 0.15) is 5.60 Å². The lowest BCUT2D eigenvalue weighted by Crippen LogP contribution is -2.63. The molecule has 0 heterocycles. The molecule has 0 bridgehead atoms. The molecule has 11 heteroatoms. The van der Waals surface area contributed by atoms with Crippen LogP contribution in [0.5, 0.6) is 0 Å². The normalized spacial score (nSPS) is 14.0. The number of aliphatic hydroxyl groups is 1. The second-order valence-electron chi connectivity index (χ2n) is 7.13.